The van der Waals surface area contributed by atoms with E-state index in [0.29, 0.717) is 31.1 Å². The van der Waals surface area contributed by atoms with Crippen LogP contribution in [-0.2, 0) is 20.9 Å². The van der Waals surface area contributed by atoms with E-state index in [4.69, 9.17) is 9.47 Å². The quantitative estimate of drug-likeness (QED) is 0.247. The van der Waals surface area contributed by atoms with Crippen LogP contribution >= 0.6 is 0 Å². The molecular formula is C32H43NO3. The topological polar surface area (TPSA) is 38.8 Å². The first kappa shape index (κ1) is 26.6. The summed E-state index contributed by atoms with van der Waals surface area (Å²) in [6, 6.07) is 20.0. The summed E-state index contributed by atoms with van der Waals surface area (Å²) in [5, 5.41) is 0. The summed E-state index contributed by atoms with van der Waals surface area (Å²) in [5.41, 5.74) is 3.74. The first-order valence-corrected chi connectivity index (χ1v) is 14.0. The van der Waals surface area contributed by atoms with Crippen molar-refractivity contribution in [2.45, 2.75) is 83.0 Å². The number of methoxy groups -OCH3 is 1. The Bertz CT molecular complexity index is 932. The molecule has 4 rings (SSSR count). The number of ether oxygens (including phenoxy) is 2. The van der Waals surface area contributed by atoms with Gasteiger partial charge in [-0.3, -0.25) is 4.79 Å². The molecule has 4 heteroatoms. The molecule has 2 aromatic rings. The van der Waals surface area contributed by atoms with E-state index in [1.165, 1.54) is 69.0 Å². The van der Waals surface area contributed by atoms with Crippen LogP contribution in [0, 0.1) is 5.92 Å². The first-order chi connectivity index (χ1) is 17.7. The molecule has 4 nitrogen and oxygen atoms in total. The zero-order valence-electron chi connectivity index (χ0n) is 21.9. The standard InChI is InChI=1S/C32H43NO3/c1-35-32(34)16-10-3-2-9-15-29-30(33-23-11-4-5-12-24-33)21-22-31(29)36-25-26-17-19-28(20-18-26)27-13-7-6-8-14-27/h2-3,6-8,13-14,17-20,29-31H,4-5,9-12,15-16,21-25H2,1H3/t29-,30+,31+/m1/s1. The van der Waals surface area contributed by atoms with Crippen LogP contribution in [0.2, 0.25) is 0 Å². The SMILES string of the molecule is COC(=O)CCC=CCC[C@H]1[C@@H](OCc2ccc(-c3ccccc3)cc2)CC[C@@H]1N1CCCCCC1. The molecule has 3 atom stereocenters. The number of nitrogens with zero attached hydrogens (tertiary/aromatic N) is 1. The van der Waals surface area contributed by atoms with Crippen molar-refractivity contribution in [1.82, 2.24) is 4.90 Å². The van der Waals surface area contributed by atoms with Crippen LogP contribution in [0.4, 0.5) is 0 Å². The molecule has 36 heavy (non-hydrogen) atoms. The number of hydrogen-bond donors (Lipinski definition) is 0. The van der Waals surface area contributed by atoms with E-state index in [0.717, 1.165) is 25.7 Å². The predicted molar refractivity (Wildman–Crippen MR) is 147 cm³/mol. The van der Waals surface area contributed by atoms with Gasteiger partial charge in [-0.15, -0.1) is 0 Å². The lowest BCUT2D eigenvalue weighted by atomic mass is 9.94. The van der Waals surface area contributed by atoms with Crippen molar-refractivity contribution >= 4 is 5.97 Å². The van der Waals surface area contributed by atoms with E-state index < -0.39 is 0 Å². The minimum atomic E-state index is -0.137. The van der Waals surface area contributed by atoms with Crippen molar-refractivity contribution in [1.29, 1.82) is 0 Å². The Kier molecular flexibility index (Phi) is 10.6. The van der Waals surface area contributed by atoms with Gasteiger partial charge in [0.2, 0.25) is 0 Å². The van der Waals surface area contributed by atoms with E-state index in [9.17, 15) is 4.79 Å². The third-order valence-corrected chi connectivity index (χ3v) is 7.93. The molecule has 1 aliphatic heterocycles. The van der Waals surface area contributed by atoms with Gasteiger partial charge in [0.1, 0.15) is 0 Å². The maximum absolute atomic E-state index is 11.3. The minimum absolute atomic E-state index is 0.137. The monoisotopic (exact) mass is 489 g/mol. The van der Waals surface area contributed by atoms with E-state index >= 15 is 0 Å². The van der Waals surface area contributed by atoms with E-state index in [2.05, 4.69) is 71.6 Å². The fourth-order valence-electron chi connectivity index (χ4n) is 5.93. The molecule has 0 spiro atoms. The van der Waals surface area contributed by atoms with Gasteiger partial charge in [-0.2, -0.15) is 0 Å². The summed E-state index contributed by atoms with van der Waals surface area (Å²) in [6.07, 6.45) is 15.9. The lowest BCUT2D eigenvalue weighted by molar-refractivity contribution is -0.140. The molecule has 0 amide bonds. The summed E-state index contributed by atoms with van der Waals surface area (Å²) in [4.78, 5) is 14.1. The second-order valence-electron chi connectivity index (χ2n) is 10.3. The second kappa shape index (κ2) is 14.3. The van der Waals surface area contributed by atoms with E-state index in [1.807, 2.05) is 0 Å². The van der Waals surface area contributed by atoms with Crippen LogP contribution in [0.1, 0.15) is 69.8 Å². The van der Waals surface area contributed by atoms with Gasteiger partial charge in [0.05, 0.1) is 19.8 Å². The van der Waals surface area contributed by atoms with Crippen LogP contribution in [0.5, 0.6) is 0 Å². The van der Waals surface area contributed by atoms with E-state index in [-0.39, 0.29) is 5.97 Å². The fraction of sp³-hybridized carbons (Fsp3) is 0.531. The highest BCUT2D eigenvalue weighted by molar-refractivity contribution is 5.69. The number of carbonyl (C=O) groups is 1. The third kappa shape index (κ3) is 7.78. The minimum Gasteiger partial charge on any atom is -0.469 e. The predicted octanol–water partition coefficient (Wildman–Crippen LogP) is 7.18. The lowest BCUT2D eigenvalue weighted by Gasteiger charge is -2.34. The molecule has 1 saturated carbocycles. The Morgan fingerprint density at radius 1 is 0.889 bits per heavy atom. The van der Waals surface area contributed by atoms with Crippen molar-refractivity contribution in [3.05, 3.63) is 72.3 Å². The highest BCUT2D eigenvalue weighted by Crippen LogP contribution is 2.37. The van der Waals surface area contributed by atoms with Crippen LogP contribution in [0.3, 0.4) is 0 Å². The normalized spacial score (nSPS) is 23.1. The van der Waals surface area contributed by atoms with Gasteiger partial charge in [0.25, 0.3) is 0 Å². The second-order valence-corrected chi connectivity index (χ2v) is 10.3. The largest absolute Gasteiger partial charge is 0.469 e. The maximum atomic E-state index is 11.3. The van der Waals surface area contributed by atoms with Gasteiger partial charge in [0.15, 0.2) is 0 Å². The van der Waals surface area contributed by atoms with Crippen LogP contribution in [0.25, 0.3) is 11.1 Å². The van der Waals surface area contributed by atoms with Gasteiger partial charge < -0.3 is 14.4 Å². The number of carbonyl (C=O) groups excluding carboxylic acids is 1. The van der Waals surface area contributed by atoms with Crippen molar-refractivity contribution in [3.63, 3.8) is 0 Å². The van der Waals surface area contributed by atoms with Crippen LogP contribution < -0.4 is 0 Å². The fourth-order valence-corrected chi connectivity index (χ4v) is 5.93. The lowest BCUT2D eigenvalue weighted by Crippen LogP contribution is -2.41. The molecule has 2 fully saturated rings. The number of benzene rings is 2. The number of esters is 1. The van der Waals surface area contributed by atoms with Crippen molar-refractivity contribution in [3.8, 4) is 11.1 Å². The number of likely N-dealkylation sites (tertiary alicyclic amines) is 1. The highest BCUT2D eigenvalue weighted by Gasteiger charge is 2.39. The van der Waals surface area contributed by atoms with Crippen LogP contribution in [0.15, 0.2) is 66.7 Å². The molecule has 2 aliphatic rings. The number of allylic oxidation sites excluding steroid dienone is 2. The smallest absolute Gasteiger partial charge is 0.305 e. The average molecular weight is 490 g/mol. The van der Waals surface area contributed by atoms with Crippen molar-refractivity contribution in [2.24, 2.45) is 5.92 Å². The summed E-state index contributed by atoms with van der Waals surface area (Å²) in [7, 11) is 1.45. The Morgan fingerprint density at radius 2 is 1.58 bits per heavy atom. The summed E-state index contributed by atoms with van der Waals surface area (Å²) >= 11 is 0. The van der Waals surface area contributed by atoms with Gasteiger partial charge >= 0.3 is 5.97 Å². The molecule has 0 bridgehead atoms. The summed E-state index contributed by atoms with van der Waals surface area (Å²) in [5.74, 6) is 0.430. The summed E-state index contributed by atoms with van der Waals surface area (Å²) < 4.78 is 11.4. The molecule has 0 radical (unpaired) electrons. The number of hydrogen-bond acceptors (Lipinski definition) is 4. The van der Waals surface area contributed by atoms with Crippen molar-refractivity contribution in [2.75, 3.05) is 20.2 Å². The zero-order chi connectivity index (χ0) is 25.0. The van der Waals surface area contributed by atoms with Gasteiger partial charge in [-0.1, -0.05) is 79.6 Å². The van der Waals surface area contributed by atoms with Gasteiger partial charge in [-0.05, 0) is 74.7 Å². The molecule has 2 aromatic carbocycles. The zero-order valence-corrected chi connectivity index (χ0v) is 21.9. The third-order valence-electron chi connectivity index (χ3n) is 7.93. The van der Waals surface area contributed by atoms with Crippen molar-refractivity contribution < 1.29 is 14.3 Å². The molecule has 1 saturated heterocycles. The van der Waals surface area contributed by atoms with Crippen LogP contribution in [-0.4, -0.2) is 43.2 Å². The number of rotatable bonds is 11. The Morgan fingerprint density at radius 3 is 2.31 bits per heavy atom. The molecule has 0 unspecified atom stereocenters. The maximum Gasteiger partial charge on any atom is 0.305 e. The molecule has 1 heterocycles. The Balaban J connectivity index is 1.34. The highest BCUT2D eigenvalue weighted by atomic mass is 16.5. The average Bonchev–Trinajstić information content (AvgIpc) is 3.13. The van der Waals surface area contributed by atoms with E-state index in [1.54, 1.807) is 0 Å². The van der Waals surface area contributed by atoms with Gasteiger partial charge in [-0.25, -0.2) is 0 Å². The molecule has 194 valence electrons. The molecular weight excluding hydrogens is 446 g/mol. The molecule has 1 aliphatic carbocycles. The Hall–Kier alpha value is -2.43. The first-order valence-electron chi connectivity index (χ1n) is 14.0. The summed E-state index contributed by atoms with van der Waals surface area (Å²) in [6.45, 7) is 3.16. The molecule has 0 aromatic heterocycles. The Labute approximate surface area is 217 Å². The molecule has 0 N–H and O–H groups in total. The van der Waals surface area contributed by atoms with Gasteiger partial charge in [0, 0.05) is 18.4 Å².